The van der Waals surface area contributed by atoms with E-state index in [1.807, 2.05) is 13.8 Å². The standard InChI is InChI=1S/C8H10N2S/c1-5-3-8(11)10-6(2)7(5)4-9/h5H,3H2,1-2H3,(H,10,11). The molecule has 2 nitrogen and oxygen atoms in total. The monoisotopic (exact) mass is 166 g/mol. The predicted octanol–water partition coefficient (Wildman–Crippen LogP) is 1.74. The summed E-state index contributed by atoms with van der Waals surface area (Å²) in [6.45, 7) is 3.91. The number of allylic oxidation sites excluding steroid dienone is 2. The van der Waals surface area contributed by atoms with Crippen molar-refractivity contribution in [3.8, 4) is 6.07 Å². The summed E-state index contributed by atoms with van der Waals surface area (Å²) < 4.78 is 0. The number of nitriles is 1. The van der Waals surface area contributed by atoms with Crippen molar-refractivity contribution in [2.24, 2.45) is 5.92 Å². The van der Waals surface area contributed by atoms with Crippen LogP contribution in [0.1, 0.15) is 20.3 Å². The van der Waals surface area contributed by atoms with Gasteiger partial charge in [0.1, 0.15) is 0 Å². The van der Waals surface area contributed by atoms with E-state index in [-0.39, 0.29) is 5.92 Å². The van der Waals surface area contributed by atoms with E-state index in [4.69, 9.17) is 17.5 Å². The second-order valence-electron chi connectivity index (χ2n) is 2.80. The highest BCUT2D eigenvalue weighted by Gasteiger charge is 2.19. The van der Waals surface area contributed by atoms with Crippen LogP contribution in [0.25, 0.3) is 0 Å². The second-order valence-corrected chi connectivity index (χ2v) is 3.30. The lowest BCUT2D eigenvalue weighted by Gasteiger charge is -2.21. The van der Waals surface area contributed by atoms with E-state index in [1.54, 1.807) is 0 Å². The van der Waals surface area contributed by atoms with Gasteiger partial charge in [-0.1, -0.05) is 19.1 Å². The van der Waals surface area contributed by atoms with E-state index in [0.717, 1.165) is 22.7 Å². The van der Waals surface area contributed by atoms with E-state index < -0.39 is 0 Å². The zero-order valence-corrected chi connectivity index (χ0v) is 7.46. The molecular formula is C8H10N2S. The number of nitrogens with one attached hydrogen (secondary N) is 1. The maximum Gasteiger partial charge on any atom is 0.0968 e. The third kappa shape index (κ3) is 1.58. The fourth-order valence-corrected chi connectivity index (χ4v) is 1.67. The van der Waals surface area contributed by atoms with E-state index in [0.29, 0.717) is 0 Å². The Kier molecular flexibility index (Phi) is 2.25. The maximum absolute atomic E-state index is 8.73. The van der Waals surface area contributed by atoms with Gasteiger partial charge in [-0.2, -0.15) is 5.26 Å². The van der Waals surface area contributed by atoms with Crippen LogP contribution in [-0.4, -0.2) is 4.99 Å². The second kappa shape index (κ2) is 3.02. The fourth-order valence-electron chi connectivity index (χ4n) is 1.27. The van der Waals surface area contributed by atoms with Gasteiger partial charge in [-0.15, -0.1) is 0 Å². The zero-order valence-electron chi connectivity index (χ0n) is 6.64. The van der Waals surface area contributed by atoms with Crippen molar-refractivity contribution in [2.75, 3.05) is 0 Å². The third-order valence-electron chi connectivity index (χ3n) is 1.84. The maximum atomic E-state index is 8.73. The van der Waals surface area contributed by atoms with Crippen LogP contribution in [0.15, 0.2) is 11.3 Å². The van der Waals surface area contributed by atoms with Gasteiger partial charge in [-0.3, -0.25) is 0 Å². The van der Waals surface area contributed by atoms with Crippen molar-refractivity contribution in [3.05, 3.63) is 11.3 Å². The highest BCUT2D eigenvalue weighted by atomic mass is 32.1. The molecule has 0 aliphatic carbocycles. The summed E-state index contributed by atoms with van der Waals surface area (Å²) in [4.78, 5) is 0.842. The zero-order chi connectivity index (χ0) is 8.43. The molecule has 58 valence electrons. The lowest BCUT2D eigenvalue weighted by atomic mass is 9.94. The summed E-state index contributed by atoms with van der Waals surface area (Å²) in [5, 5.41) is 11.7. The smallest absolute Gasteiger partial charge is 0.0968 e. The van der Waals surface area contributed by atoms with Gasteiger partial charge >= 0.3 is 0 Å². The Hall–Kier alpha value is -0.880. The molecule has 0 saturated carbocycles. The Morgan fingerprint density at radius 2 is 2.36 bits per heavy atom. The van der Waals surface area contributed by atoms with Gasteiger partial charge < -0.3 is 5.32 Å². The number of hydrogen-bond acceptors (Lipinski definition) is 2. The van der Waals surface area contributed by atoms with E-state index >= 15 is 0 Å². The summed E-state index contributed by atoms with van der Waals surface area (Å²) in [5.74, 6) is 0.286. The predicted molar refractivity (Wildman–Crippen MR) is 47.8 cm³/mol. The van der Waals surface area contributed by atoms with Gasteiger partial charge in [0.15, 0.2) is 0 Å². The van der Waals surface area contributed by atoms with Crippen molar-refractivity contribution < 1.29 is 0 Å². The minimum atomic E-state index is 0.286. The van der Waals surface area contributed by atoms with Crippen molar-refractivity contribution in [3.63, 3.8) is 0 Å². The van der Waals surface area contributed by atoms with Crippen LogP contribution in [0.4, 0.5) is 0 Å². The molecule has 3 heteroatoms. The van der Waals surface area contributed by atoms with Gasteiger partial charge in [0, 0.05) is 12.1 Å². The Morgan fingerprint density at radius 3 is 2.82 bits per heavy atom. The Bertz CT molecular complexity index is 260. The number of thiocarbonyl (C=S) groups is 1. The number of rotatable bonds is 0. The lowest BCUT2D eigenvalue weighted by molar-refractivity contribution is 0.692. The van der Waals surface area contributed by atoms with Gasteiger partial charge in [-0.05, 0) is 12.8 Å². The molecule has 0 radical (unpaired) electrons. The van der Waals surface area contributed by atoms with Crippen LogP contribution in [0.3, 0.4) is 0 Å². The van der Waals surface area contributed by atoms with Gasteiger partial charge in [0.2, 0.25) is 0 Å². The first-order chi connectivity index (χ1) is 5.15. The average molecular weight is 166 g/mol. The topological polar surface area (TPSA) is 35.8 Å². The van der Waals surface area contributed by atoms with Crippen LogP contribution in [-0.2, 0) is 0 Å². The SMILES string of the molecule is CC1=C(C#N)C(C)CC(=S)N1. The minimum absolute atomic E-state index is 0.286. The molecule has 1 unspecified atom stereocenters. The molecular weight excluding hydrogens is 156 g/mol. The first-order valence-electron chi connectivity index (χ1n) is 3.56. The van der Waals surface area contributed by atoms with Crippen LogP contribution >= 0.6 is 12.2 Å². The summed E-state index contributed by atoms with van der Waals surface area (Å²) in [5.41, 5.74) is 1.75. The van der Waals surface area contributed by atoms with Gasteiger partial charge in [-0.25, -0.2) is 0 Å². The normalized spacial score (nSPS) is 24.5. The summed E-state index contributed by atoms with van der Waals surface area (Å²) in [6.07, 6.45) is 0.801. The molecule has 0 spiro atoms. The van der Waals surface area contributed by atoms with Crippen LogP contribution in [0, 0.1) is 17.2 Å². The van der Waals surface area contributed by atoms with Crippen LogP contribution in [0.5, 0.6) is 0 Å². The molecule has 1 heterocycles. The molecule has 1 aliphatic heterocycles. The first kappa shape index (κ1) is 8.22. The van der Waals surface area contributed by atoms with Crippen LogP contribution < -0.4 is 5.32 Å². The lowest BCUT2D eigenvalue weighted by Crippen LogP contribution is -2.29. The summed E-state index contributed by atoms with van der Waals surface area (Å²) in [7, 11) is 0. The molecule has 0 fully saturated rings. The molecule has 0 amide bonds. The Morgan fingerprint density at radius 1 is 1.73 bits per heavy atom. The molecule has 1 N–H and O–H groups in total. The van der Waals surface area contributed by atoms with Crippen LogP contribution in [0.2, 0.25) is 0 Å². The van der Waals surface area contributed by atoms with Gasteiger partial charge in [0.25, 0.3) is 0 Å². The molecule has 11 heavy (non-hydrogen) atoms. The Labute approximate surface area is 71.9 Å². The van der Waals surface area contributed by atoms with E-state index in [9.17, 15) is 0 Å². The summed E-state index contributed by atoms with van der Waals surface area (Å²) >= 11 is 5.01. The van der Waals surface area contributed by atoms with Crippen molar-refractivity contribution in [2.45, 2.75) is 20.3 Å². The molecule has 1 aliphatic rings. The summed E-state index contributed by atoms with van der Waals surface area (Å²) in [6, 6.07) is 2.18. The van der Waals surface area contributed by atoms with Gasteiger partial charge in [0.05, 0.1) is 16.6 Å². The third-order valence-corrected chi connectivity index (χ3v) is 2.10. The molecule has 1 rings (SSSR count). The molecule has 1 atom stereocenters. The van der Waals surface area contributed by atoms with E-state index in [2.05, 4.69) is 11.4 Å². The highest BCUT2D eigenvalue weighted by molar-refractivity contribution is 7.80. The molecule has 0 aromatic carbocycles. The molecule has 0 saturated heterocycles. The largest absolute Gasteiger partial charge is 0.353 e. The Balaban J connectivity index is 2.97. The van der Waals surface area contributed by atoms with Crippen molar-refractivity contribution in [1.82, 2.24) is 5.32 Å². The quantitative estimate of drug-likeness (QED) is 0.557. The first-order valence-corrected chi connectivity index (χ1v) is 3.96. The van der Waals surface area contributed by atoms with E-state index in [1.165, 1.54) is 0 Å². The molecule has 0 aromatic heterocycles. The number of hydrogen-bond donors (Lipinski definition) is 1. The van der Waals surface area contributed by atoms with Crippen molar-refractivity contribution in [1.29, 1.82) is 5.26 Å². The molecule has 0 bridgehead atoms. The highest BCUT2D eigenvalue weighted by Crippen LogP contribution is 2.21. The minimum Gasteiger partial charge on any atom is -0.353 e. The fraction of sp³-hybridized carbons (Fsp3) is 0.500. The number of nitrogens with zero attached hydrogens (tertiary/aromatic N) is 1. The molecule has 0 aromatic rings. The van der Waals surface area contributed by atoms with Crippen molar-refractivity contribution >= 4 is 17.2 Å². The average Bonchev–Trinajstić information content (AvgIpc) is 1.85.